The molecule has 0 aliphatic carbocycles. The Bertz CT molecular complexity index is 723. The van der Waals surface area contributed by atoms with Crippen LogP contribution in [0.5, 0.6) is 5.75 Å². The lowest BCUT2D eigenvalue weighted by Gasteiger charge is -2.02. The van der Waals surface area contributed by atoms with Gasteiger partial charge in [0.05, 0.1) is 11.4 Å². The van der Waals surface area contributed by atoms with E-state index in [9.17, 15) is 5.11 Å². The van der Waals surface area contributed by atoms with Gasteiger partial charge in [-0.1, -0.05) is 23.8 Å². The van der Waals surface area contributed by atoms with Gasteiger partial charge in [0.2, 0.25) is 11.0 Å². The van der Waals surface area contributed by atoms with E-state index in [1.165, 1.54) is 11.8 Å². The fourth-order valence-corrected chi connectivity index (χ4v) is 2.38. The first-order valence-electron chi connectivity index (χ1n) is 6.28. The monoisotopic (exact) mass is 304 g/mol. The molecule has 3 aromatic rings. The van der Waals surface area contributed by atoms with E-state index in [1.54, 1.807) is 28.9 Å². The van der Waals surface area contributed by atoms with Gasteiger partial charge < -0.3 is 9.63 Å². The number of hydrogen-bond acceptors (Lipinski definition) is 8. The summed E-state index contributed by atoms with van der Waals surface area (Å²) >= 11 is 1.41. The fourth-order valence-electron chi connectivity index (χ4n) is 1.65. The first kappa shape index (κ1) is 13.6. The highest BCUT2D eigenvalue weighted by atomic mass is 32.2. The van der Waals surface area contributed by atoms with E-state index < -0.39 is 0 Å². The van der Waals surface area contributed by atoms with Gasteiger partial charge in [-0.05, 0) is 34.7 Å². The Kier molecular flexibility index (Phi) is 3.82. The molecule has 0 aliphatic rings. The number of aromatic nitrogens is 6. The van der Waals surface area contributed by atoms with Crippen LogP contribution < -0.4 is 0 Å². The minimum Gasteiger partial charge on any atom is -0.508 e. The number of rotatable bonds is 5. The van der Waals surface area contributed by atoms with E-state index in [2.05, 4.69) is 25.7 Å². The quantitative estimate of drug-likeness (QED) is 0.709. The van der Waals surface area contributed by atoms with Crippen LogP contribution in [-0.4, -0.2) is 35.5 Å². The number of tetrazole rings is 1. The molecule has 2 aromatic heterocycles. The van der Waals surface area contributed by atoms with Gasteiger partial charge in [-0.2, -0.15) is 9.67 Å². The predicted molar refractivity (Wildman–Crippen MR) is 74.1 cm³/mol. The van der Waals surface area contributed by atoms with E-state index in [4.69, 9.17) is 4.52 Å². The van der Waals surface area contributed by atoms with Crippen molar-refractivity contribution >= 4 is 11.8 Å². The second-order valence-corrected chi connectivity index (χ2v) is 5.08. The van der Waals surface area contributed by atoms with Crippen molar-refractivity contribution in [2.75, 3.05) is 0 Å². The maximum Gasteiger partial charge on any atom is 0.226 e. The predicted octanol–water partition coefficient (Wildman–Crippen LogP) is 1.61. The van der Waals surface area contributed by atoms with Gasteiger partial charge in [0.1, 0.15) is 5.75 Å². The largest absolute Gasteiger partial charge is 0.508 e. The molecule has 0 radical (unpaired) electrons. The van der Waals surface area contributed by atoms with Crippen molar-refractivity contribution in [1.82, 2.24) is 30.3 Å². The lowest BCUT2D eigenvalue weighted by Crippen LogP contribution is -1.99. The van der Waals surface area contributed by atoms with Gasteiger partial charge in [0.25, 0.3) is 0 Å². The molecule has 9 heteroatoms. The molecule has 21 heavy (non-hydrogen) atoms. The summed E-state index contributed by atoms with van der Waals surface area (Å²) in [6, 6.07) is 6.63. The van der Waals surface area contributed by atoms with Crippen LogP contribution in [0.1, 0.15) is 18.6 Å². The van der Waals surface area contributed by atoms with Crippen molar-refractivity contribution in [3.63, 3.8) is 0 Å². The molecule has 108 valence electrons. The third kappa shape index (κ3) is 3.02. The second kappa shape index (κ2) is 5.92. The molecule has 3 rings (SSSR count). The highest BCUT2D eigenvalue weighted by molar-refractivity contribution is 7.98. The van der Waals surface area contributed by atoms with Crippen LogP contribution in [0.25, 0.3) is 5.69 Å². The Morgan fingerprint density at radius 3 is 2.81 bits per heavy atom. The minimum atomic E-state index is 0.194. The van der Waals surface area contributed by atoms with Crippen LogP contribution in [-0.2, 0) is 12.2 Å². The Morgan fingerprint density at radius 1 is 1.29 bits per heavy atom. The van der Waals surface area contributed by atoms with Crippen LogP contribution in [0, 0.1) is 0 Å². The van der Waals surface area contributed by atoms with Crippen LogP contribution in [0.4, 0.5) is 0 Å². The van der Waals surface area contributed by atoms with Gasteiger partial charge in [0.15, 0.2) is 5.82 Å². The molecule has 0 spiro atoms. The van der Waals surface area contributed by atoms with Gasteiger partial charge in [-0.3, -0.25) is 0 Å². The molecule has 0 unspecified atom stereocenters. The number of phenolic OH excluding ortho intramolecular Hbond substituents is 1. The molecule has 2 heterocycles. The number of thioether (sulfide) groups is 1. The number of phenols is 1. The normalized spacial score (nSPS) is 10.9. The lowest BCUT2D eigenvalue weighted by molar-refractivity contribution is 0.378. The summed E-state index contributed by atoms with van der Waals surface area (Å²) in [5.74, 6) is 1.93. The number of benzene rings is 1. The smallest absolute Gasteiger partial charge is 0.226 e. The van der Waals surface area contributed by atoms with Crippen molar-refractivity contribution in [2.24, 2.45) is 0 Å². The van der Waals surface area contributed by atoms with E-state index in [-0.39, 0.29) is 5.75 Å². The Morgan fingerprint density at radius 2 is 2.10 bits per heavy atom. The summed E-state index contributed by atoms with van der Waals surface area (Å²) in [6.07, 6.45) is 0.711. The lowest BCUT2D eigenvalue weighted by atomic mass is 10.3. The standard InChI is InChI=1S/C12H12N6O2S/c1-2-11-13-10(15-20-11)7-21-12-14-16-17-18(12)8-3-5-9(19)6-4-8/h3-6,19H,2,7H2,1H3. The van der Waals surface area contributed by atoms with Crippen LogP contribution in [0.3, 0.4) is 0 Å². The summed E-state index contributed by atoms with van der Waals surface area (Å²) in [4.78, 5) is 4.23. The highest BCUT2D eigenvalue weighted by Crippen LogP contribution is 2.22. The Balaban J connectivity index is 1.74. The fraction of sp³-hybridized carbons (Fsp3) is 0.250. The topological polar surface area (TPSA) is 103 Å². The molecule has 0 amide bonds. The zero-order chi connectivity index (χ0) is 14.7. The number of nitrogens with zero attached hydrogens (tertiary/aromatic N) is 6. The highest BCUT2D eigenvalue weighted by Gasteiger charge is 2.11. The molecular weight excluding hydrogens is 292 g/mol. The van der Waals surface area contributed by atoms with Gasteiger partial charge in [0, 0.05) is 6.42 Å². The molecule has 0 bridgehead atoms. The first-order valence-corrected chi connectivity index (χ1v) is 7.27. The Hall–Kier alpha value is -2.42. The third-order valence-electron chi connectivity index (χ3n) is 2.68. The molecule has 0 fully saturated rings. The molecule has 1 N–H and O–H groups in total. The maximum atomic E-state index is 9.31. The van der Waals surface area contributed by atoms with Gasteiger partial charge in [-0.25, -0.2) is 0 Å². The zero-order valence-electron chi connectivity index (χ0n) is 11.2. The van der Waals surface area contributed by atoms with Crippen molar-refractivity contribution in [3.8, 4) is 11.4 Å². The summed E-state index contributed by atoms with van der Waals surface area (Å²) < 4.78 is 6.64. The van der Waals surface area contributed by atoms with Crippen LogP contribution >= 0.6 is 11.8 Å². The summed E-state index contributed by atoms with van der Waals surface area (Å²) in [7, 11) is 0. The SMILES string of the molecule is CCc1nc(CSc2nnnn2-c2ccc(O)cc2)no1. The first-order chi connectivity index (χ1) is 10.3. The van der Waals surface area contributed by atoms with Crippen molar-refractivity contribution in [3.05, 3.63) is 36.0 Å². The third-order valence-corrected chi connectivity index (χ3v) is 3.59. The average Bonchev–Trinajstić information content (AvgIpc) is 3.15. The van der Waals surface area contributed by atoms with Crippen molar-refractivity contribution < 1.29 is 9.63 Å². The second-order valence-electron chi connectivity index (χ2n) is 4.14. The molecule has 0 aliphatic heterocycles. The number of hydrogen-bond donors (Lipinski definition) is 1. The summed E-state index contributed by atoms with van der Waals surface area (Å²) in [5.41, 5.74) is 0.766. The molecular formula is C12H12N6O2S. The minimum absolute atomic E-state index is 0.194. The maximum absolute atomic E-state index is 9.31. The van der Waals surface area contributed by atoms with E-state index in [0.717, 1.165) is 5.69 Å². The van der Waals surface area contributed by atoms with Crippen LogP contribution in [0.15, 0.2) is 33.9 Å². The van der Waals surface area contributed by atoms with Crippen molar-refractivity contribution in [2.45, 2.75) is 24.3 Å². The summed E-state index contributed by atoms with van der Waals surface area (Å²) in [6.45, 7) is 1.95. The zero-order valence-corrected chi connectivity index (χ0v) is 12.0. The molecule has 1 aromatic carbocycles. The van der Waals surface area contributed by atoms with Gasteiger partial charge >= 0.3 is 0 Å². The summed E-state index contributed by atoms with van der Waals surface area (Å²) in [5, 5.41) is 25.4. The molecule has 0 saturated heterocycles. The van der Waals surface area contributed by atoms with E-state index in [0.29, 0.717) is 29.0 Å². The average molecular weight is 304 g/mol. The van der Waals surface area contributed by atoms with E-state index >= 15 is 0 Å². The molecule has 0 atom stereocenters. The van der Waals surface area contributed by atoms with Gasteiger partial charge in [-0.15, -0.1) is 5.10 Å². The van der Waals surface area contributed by atoms with E-state index in [1.807, 2.05) is 6.92 Å². The van der Waals surface area contributed by atoms with Crippen LogP contribution in [0.2, 0.25) is 0 Å². The van der Waals surface area contributed by atoms with Crippen molar-refractivity contribution in [1.29, 1.82) is 0 Å². The number of aromatic hydroxyl groups is 1. The number of aryl methyl sites for hydroxylation is 1. The molecule has 0 saturated carbocycles. The Labute approximate surface area is 124 Å². The molecule has 8 nitrogen and oxygen atoms in total.